The molecule has 0 aliphatic heterocycles. The molecule has 1 aromatic carbocycles. The average molecular weight is 262 g/mol. The van der Waals surface area contributed by atoms with Gasteiger partial charge in [0.25, 0.3) is 0 Å². The van der Waals surface area contributed by atoms with E-state index in [1.807, 2.05) is 24.3 Å². The van der Waals surface area contributed by atoms with Crippen LogP contribution < -0.4 is 15.8 Å². The first kappa shape index (κ1) is 15.2. The molecule has 104 valence electrons. The van der Waals surface area contributed by atoms with Crippen molar-refractivity contribution in [2.75, 3.05) is 13.2 Å². The summed E-state index contributed by atoms with van der Waals surface area (Å²) in [4.78, 5) is 10.5. The third-order valence-corrected chi connectivity index (χ3v) is 2.65. The molecule has 3 N–H and O–H groups in total. The van der Waals surface area contributed by atoms with Gasteiger partial charge in [0, 0.05) is 13.0 Å². The Morgan fingerprint density at radius 1 is 1.32 bits per heavy atom. The standard InChI is InChI=1S/C15H22N2O2/c1-2-11-19-14-8-6-13(7-9-14)12-17-10-4-3-5-15(16)18/h2,6-9,17H,1,3-5,10-12H2,(H2,16,18). The predicted molar refractivity (Wildman–Crippen MR) is 76.9 cm³/mol. The number of hydrogen-bond acceptors (Lipinski definition) is 3. The molecule has 0 unspecified atom stereocenters. The first-order valence-corrected chi connectivity index (χ1v) is 6.54. The van der Waals surface area contributed by atoms with Crippen LogP contribution in [0.15, 0.2) is 36.9 Å². The van der Waals surface area contributed by atoms with Gasteiger partial charge in [-0.1, -0.05) is 24.8 Å². The highest BCUT2D eigenvalue weighted by molar-refractivity contribution is 5.73. The summed E-state index contributed by atoms with van der Waals surface area (Å²) < 4.78 is 5.41. The number of amides is 1. The summed E-state index contributed by atoms with van der Waals surface area (Å²) in [5, 5.41) is 3.33. The first-order chi connectivity index (χ1) is 9.22. The Morgan fingerprint density at radius 2 is 2.05 bits per heavy atom. The number of unbranched alkanes of at least 4 members (excludes halogenated alkanes) is 1. The van der Waals surface area contributed by atoms with Crippen LogP contribution in [0.4, 0.5) is 0 Å². The van der Waals surface area contributed by atoms with E-state index in [2.05, 4.69) is 11.9 Å². The Balaban J connectivity index is 2.15. The van der Waals surface area contributed by atoms with Gasteiger partial charge in [0.1, 0.15) is 12.4 Å². The van der Waals surface area contributed by atoms with Crippen molar-refractivity contribution in [1.82, 2.24) is 5.32 Å². The van der Waals surface area contributed by atoms with E-state index in [1.165, 1.54) is 5.56 Å². The zero-order valence-corrected chi connectivity index (χ0v) is 11.2. The molecule has 0 bridgehead atoms. The number of ether oxygens (including phenoxy) is 1. The van der Waals surface area contributed by atoms with Crippen molar-refractivity contribution >= 4 is 5.91 Å². The molecule has 1 aromatic rings. The zero-order chi connectivity index (χ0) is 13.9. The molecular weight excluding hydrogens is 240 g/mol. The SMILES string of the molecule is C=CCOc1ccc(CNCCCCC(N)=O)cc1. The maximum Gasteiger partial charge on any atom is 0.217 e. The van der Waals surface area contributed by atoms with Crippen LogP contribution in [0.3, 0.4) is 0 Å². The van der Waals surface area contributed by atoms with Crippen molar-refractivity contribution < 1.29 is 9.53 Å². The summed E-state index contributed by atoms with van der Waals surface area (Å²) in [5.41, 5.74) is 6.28. The van der Waals surface area contributed by atoms with Crippen LogP contribution in [0.2, 0.25) is 0 Å². The normalized spacial score (nSPS) is 10.1. The van der Waals surface area contributed by atoms with Gasteiger partial charge >= 0.3 is 0 Å². The van der Waals surface area contributed by atoms with E-state index in [9.17, 15) is 4.79 Å². The minimum atomic E-state index is -0.227. The van der Waals surface area contributed by atoms with Crippen LogP contribution in [0, 0.1) is 0 Å². The highest BCUT2D eigenvalue weighted by atomic mass is 16.5. The summed E-state index contributed by atoms with van der Waals surface area (Å²) in [7, 11) is 0. The van der Waals surface area contributed by atoms with E-state index in [4.69, 9.17) is 10.5 Å². The second-order valence-electron chi connectivity index (χ2n) is 4.34. The lowest BCUT2D eigenvalue weighted by Crippen LogP contribution is -2.16. The third kappa shape index (κ3) is 7.26. The molecule has 0 saturated carbocycles. The third-order valence-electron chi connectivity index (χ3n) is 2.65. The fraction of sp³-hybridized carbons (Fsp3) is 0.400. The summed E-state index contributed by atoms with van der Waals surface area (Å²) in [6.07, 6.45) is 4.00. The van der Waals surface area contributed by atoms with Crippen molar-refractivity contribution in [2.45, 2.75) is 25.8 Å². The lowest BCUT2D eigenvalue weighted by Gasteiger charge is -2.06. The summed E-state index contributed by atoms with van der Waals surface area (Å²) in [5.74, 6) is 0.625. The molecule has 0 heterocycles. The van der Waals surface area contributed by atoms with Gasteiger partial charge in [-0.2, -0.15) is 0 Å². The number of rotatable bonds is 10. The van der Waals surface area contributed by atoms with Gasteiger partial charge in [-0.3, -0.25) is 4.79 Å². The first-order valence-electron chi connectivity index (χ1n) is 6.54. The molecule has 0 fully saturated rings. The minimum Gasteiger partial charge on any atom is -0.490 e. The van der Waals surface area contributed by atoms with Crippen molar-refractivity contribution in [3.63, 3.8) is 0 Å². The Morgan fingerprint density at radius 3 is 2.68 bits per heavy atom. The van der Waals surface area contributed by atoms with Crippen LogP contribution in [-0.4, -0.2) is 19.1 Å². The van der Waals surface area contributed by atoms with Crippen LogP contribution in [0.5, 0.6) is 5.75 Å². The highest BCUT2D eigenvalue weighted by Crippen LogP contribution is 2.11. The lowest BCUT2D eigenvalue weighted by molar-refractivity contribution is -0.118. The van der Waals surface area contributed by atoms with Crippen LogP contribution in [-0.2, 0) is 11.3 Å². The Bertz CT molecular complexity index is 388. The van der Waals surface area contributed by atoms with Gasteiger partial charge < -0.3 is 15.8 Å². The van der Waals surface area contributed by atoms with Gasteiger partial charge in [0.05, 0.1) is 0 Å². The molecule has 0 aromatic heterocycles. The fourth-order valence-electron chi connectivity index (χ4n) is 1.64. The molecule has 19 heavy (non-hydrogen) atoms. The molecule has 0 atom stereocenters. The summed E-state index contributed by atoms with van der Waals surface area (Å²) in [6, 6.07) is 7.98. The van der Waals surface area contributed by atoms with Gasteiger partial charge in [0.15, 0.2) is 0 Å². The Hall–Kier alpha value is -1.81. The molecule has 1 amide bonds. The van der Waals surface area contributed by atoms with E-state index in [0.717, 1.165) is 31.7 Å². The molecular formula is C15H22N2O2. The molecule has 4 heteroatoms. The maximum atomic E-state index is 10.5. The van der Waals surface area contributed by atoms with Crippen molar-refractivity contribution in [3.05, 3.63) is 42.5 Å². The number of nitrogens with one attached hydrogen (secondary N) is 1. The monoisotopic (exact) mass is 262 g/mol. The van der Waals surface area contributed by atoms with Crippen LogP contribution >= 0.6 is 0 Å². The zero-order valence-electron chi connectivity index (χ0n) is 11.2. The van der Waals surface area contributed by atoms with Gasteiger partial charge in [-0.25, -0.2) is 0 Å². The van der Waals surface area contributed by atoms with Crippen molar-refractivity contribution in [2.24, 2.45) is 5.73 Å². The number of benzene rings is 1. The fourth-order valence-corrected chi connectivity index (χ4v) is 1.64. The van der Waals surface area contributed by atoms with Crippen molar-refractivity contribution in [1.29, 1.82) is 0 Å². The summed E-state index contributed by atoms with van der Waals surface area (Å²) in [6.45, 7) is 5.84. The van der Waals surface area contributed by atoms with E-state index in [0.29, 0.717) is 13.0 Å². The number of primary amides is 1. The Labute approximate surface area is 114 Å². The molecule has 0 saturated heterocycles. The maximum absolute atomic E-state index is 10.5. The minimum absolute atomic E-state index is 0.227. The number of hydrogen-bond donors (Lipinski definition) is 2. The van der Waals surface area contributed by atoms with E-state index in [1.54, 1.807) is 6.08 Å². The molecule has 0 radical (unpaired) electrons. The van der Waals surface area contributed by atoms with E-state index in [-0.39, 0.29) is 5.91 Å². The molecule has 0 aliphatic rings. The molecule has 0 aliphatic carbocycles. The number of carbonyl (C=O) groups is 1. The van der Waals surface area contributed by atoms with E-state index >= 15 is 0 Å². The summed E-state index contributed by atoms with van der Waals surface area (Å²) >= 11 is 0. The van der Waals surface area contributed by atoms with Gasteiger partial charge in [-0.15, -0.1) is 0 Å². The highest BCUT2D eigenvalue weighted by Gasteiger charge is 1.96. The second-order valence-corrected chi connectivity index (χ2v) is 4.34. The smallest absolute Gasteiger partial charge is 0.217 e. The predicted octanol–water partition coefficient (Wildman–Crippen LogP) is 2.00. The quantitative estimate of drug-likeness (QED) is 0.500. The Kier molecular flexibility index (Phi) is 7.35. The average Bonchev–Trinajstić information content (AvgIpc) is 2.41. The van der Waals surface area contributed by atoms with Crippen LogP contribution in [0.25, 0.3) is 0 Å². The van der Waals surface area contributed by atoms with E-state index < -0.39 is 0 Å². The van der Waals surface area contributed by atoms with Gasteiger partial charge in [0.2, 0.25) is 5.91 Å². The molecule has 1 rings (SSSR count). The molecule has 0 spiro atoms. The van der Waals surface area contributed by atoms with Crippen LogP contribution in [0.1, 0.15) is 24.8 Å². The number of nitrogens with two attached hydrogens (primary N) is 1. The topological polar surface area (TPSA) is 64.3 Å². The second kappa shape index (κ2) is 9.16. The van der Waals surface area contributed by atoms with Crippen molar-refractivity contribution in [3.8, 4) is 5.75 Å². The largest absolute Gasteiger partial charge is 0.490 e. The van der Waals surface area contributed by atoms with Gasteiger partial charge in [-0.05, 0) is 37.1 Å². The molecule has 4 nitrogen and oxygen atoms in total. The lowest BCUT2D eigenvalue weighted by atomic mass is 10.2. The number of carbonyl (C=O) groups excluding carboxylic acids is 1.